The highest BCUT2D eigenvalue weighted by atomic mass is 16.1. The molecule has 0 saturated carbocycles. The quantitative estimate of drug-likeness (QED) is 0.564. The van der Waals surface area contributed by atoms with Gasteiger partial charge >= 0.3 is 0 Å². The van der Waals surface area contributed by atoms with Crippen LogP contribution in [0.3, 0.4) is 0 Å². The SMILES string of the molecule is CCCCCC(C)(C)CNC(=O)CCCNC(C)C. The van der Waals surface area contributed by atoms with E-state index in [2.05, 4.69) is 45.3 Å². The average molecular weight is 270 g/mol. The van der Waals surface area contributed by atoms with Crippen LogP contribution in [0.1, 0.15) is 73.1 Å². The van der Waals surface area contributed by atoms with E-state index in [0.717, 1.165) is 19.5 Å². The van der Waals surface area contributed by atoms with Gasteiger partial charge in [0.2, 0.25) is 5.91 Å². The summed E-state index contributed by atoms with van der Waals surface area (Å²) < 4.78 is 0. The molecule has 0 aromatic carbocycles. The Labute approximate surface area is 119 Å². The molecule has 0 bridgehead atoms. The maximum absolute atomic E-state index is 11.7. The molecule has 0 radical (unpaired) electrons. The normalized spacial score (nSPS) is 11.9. The molecule has 2 N–H and O–H groups in total. The second-order valence-corrected chi connectivity index (χ2v) is 6.61. The van der Waals surface area contributed by atoms with Gasteiger partial charge in [0, 0.05) is 19.0 Å². The van der Waals surface area contributed by atoms with Crippen molar-refractivity contribution in [2.75, 3.05) is 13.1 Å². The molecule has 0 aliphatic heterocycles. The van der Waals surface area contributed by atoms with E-state index in [1.54, 1.807) is 0 Å². The number of rotatable bonds is 11. The van der Waals surface area contributed by atoms with Crippen molar-refractivity contribution in [1.29, 1.82) is 0 Å². The fourth-order valence-corrected chi connectivity index (χ4v) is 2.01. The van der Waals surface area contributed by atoms with Crippen LogP contribution < -0.4 is 10.6 Å². The molecule has 1 amide bonds. The zero-order valence-electron chi connectivity index (χ0n) is 13.6. The third kappa shape index (κ3) is 12.2. The predicted molar refractivity (Wildman–Crippen MR) is 83.3 cm³/mol. The lowest BCUT2D eigenvalue weighted by Gasteiger charge is -2.25. The molecule has 0 aliphatic carbocycles. The molecule has 0 saturated heterocycles. The van der Waals surface area contributed by atoms with Gasteiger partial charge in [0.1, 0.15) is 0 Å². The summed E-state index contributed by atoms with van der Waals surface area (Å²) in [6, 6.07) is 0.501. The summed E-state index contributed by atoms with van der Waals surface area (Å²) in [5.74, 6) is 0.189. The molecule has 0 aromatic heterocycles. The summed E-state index contributed by atoms with van der Waals surface area (Å²) in [5, 5.41) is 6.40. The molecule has 0 fully saturated rings. The van der Waals surface area contributed by atoms with Crippen molar-refractivity contribution in [3.05, 3.63) is 0 Å². The van der Waals surface area contributed by atoms with Gasteiger partial charge in [-0.3, -0.25) is 4.79 Å². The van der Waals surface area contributed by atoms with Crippen LogP contribution in [-0.4, -0.2) is 25.0 Å². The number of carbonyl (C=O) groups excluding carboxylic acids is 1. The molecular weight excluding hydrogens is 236 g/mol. The lowest BCUT2D eigenvalue weighted by molar-refractivity contribution is -0.121. The first-order chi connectivity index (χ1) is 8.87. The Morgan fingerprint density at radius 2 is 1.84 bits per heavy atom. The van der Waals surface area contributed by atoms with E-state index >= 15 is 0 Å². The number of hydrogen-bond acceptors (Lipinski definition) is 2. The fraction of sp³-hybridized carbons (Fsp3) is 0.938. The minimum Gasteiger partial charge on any atom is -0.356 e. The average Bonchev–Trinajstić information content (AvgIpc) is 2.32. The molecule has 0 spiro atoms. The summed E-state index contributed by atoms with van der Waals surface area (Å²) in [4.78, 5) is 11.7. The van der Waals surface area contributed by atoms with Gasteiger partial charge in [-0.2, -0.15) is 0 Å². The number of nitrogens with one attached hydrogen (secondary N) is 2. The molecule has 0 unspecified atom stereocenters. The van der Waals surface area contributed by atoms with Crippen LogP contribution in [0.2, 0.25) is 0 Å². The summed E-state index contributed by atoms with van der Waals surface area (Å²) in [6.07, 6.45) is 6.54. The molecule has 0 aliphatic rings. The summed E-state index contributed by atoms with van der Waals surface area (Å²) in [5.41, 5.74) is 0.223. The van der Waals surface area contributed by atoms with E-state index in [4.69, 9.17) is 0 Å². The zero-order valence-corrected chi connectivity index (χ0v) is 13.6. The van der Waals surface area contributed by atoms with Crippen molar-refractivity contribution in [3.63, 3.8) is 0 Å². The minimum atomic E-state index is 0.189. The molecular formula is C16H34N2O. The Morgan fingerprint density at radius 1 is 1.16 bits per heavy atom. The van der Waals surface area contributed by atoms with Gasteiger partial charge in [-0.15, -0.1) is 0 Å². The summed E-state index contributed by atoms with van der Waals surface area (Å²) in [6.45, 7) is 12.7. The van der Waals surface area contributed by atoms with E-state index < -0.39 is 0 Å². The van der Waals surface area contributed by atoms with E-state index in [0.29, 0.717) is 12.5 Å². The topological polar surface area (TPSA) is 41.1 Å². The molecule has 0 rings (SSSR count). The molecule has 19 heavy (non-hydrogen) atoms. The van der Waals surface area contributed by atoms with Gasteiger partial charge in [-0.25, -0.2) is 0 Å². The predicted octanol–water partition coefficient (Wildman–Crippen LogP) is 3.49. The van der Waals surface area contributed by atoms with E-state index in [1.165, 1.54) is 25.7 Å². The Bertz CT molecular complexity index is 237. The lowest BCUT2D eigenvalue weighted by Crippen LogP contribution is -2.34. The van der Waals surface area contributed by atoms with Crippen molar-refractivity contribution in [2.24, 2.45) is 5.41 Å². The Kier molecular flexibility index (Phi) is 9.94. The maximum atomic E-state index is 11.7. The molecule has 3 nitrogen and oxygen atoms in total. The van der Waals surface area contributed by atoms with E-state index in [9.17, 15) is 4.79 Å². The molecule has 0 aromatic rings. The van der Waals surface area contributed by atoms with Gasteiger partial charge in [-0.05, 0) is 24.8 Å². The highest BCUT2D eigenvalue weighted by Gasteiger charge is 2.17. The van der Waals surface area contributed by atoms with Crippen LogP contribution in [-0.2, 0) is 4.79 Å². The molecule has 114 valence electrons. The van der Waals surface area contributed by atoms with Crippen molar-refractivity contribution >= 4 is 5.91 Å². The first-order valence-electron chi connectivity index (χ1n) is 7.87. The van der Waals surface area contributed by atoms with Crippen LogP contribution in [0, 0.1) is 5.41 Å². The lowest BCUT2D eigenvalue weighted by atomic mass is 9.87. The second-order valence-electron chi connectivity index (χ2n) is 6.61. The van der Waals surface area contributed by atoms with Gasteiger partial charge in [0.05, 0.1) is 0 Å². The Morgan fingerprint density at radius 3 is 2.42 bits per heavy atom. The van der Waals surface area contributed by atoms with Gasteiger partial charge in [0.15, 0.2) is 0 Å². The van der Waals surface area contributed by atoms with Crippen molar-refractivity contribution in [1.82, 2.24) is 10.6 Å². The molecule has 0 heterocycles. The van der Waals surface area contributed by atoms with E-state index in [1.807, 2.05) is 0 Å². The minimum absolute atomic E-state index is 0.189. The van der Waals surface area contributed by atoms with Crippen LogP contribution in [0.25, 0.3) is 0 Å². The zero-order chi connectivity index (χ0) is 14.7. The first kappa shape index (κ1) is 18.4. The fourth-order valence-electron chi connectivity index (χ4n) is 2.01. The van der Waals surface area contributed by atoms with Crippen molar-refractivity contribution < 1.29 is 4.79 Å². The first-order valence-corrected chi connectivity index (χ1v) is 7.87. The highest BCUT2D eigenvalue weighted by Crippen LogP contribution is 2.22. The van der Waals surface area contributed by atoms with Crippen molar-refractivity contribution in [2.45, 2.75) is 79.2 Å². The van der Waals surface area contributed by atoms with Gasteiger partial charge in [-0.1, -0.05) is 53.9 Å². The van der Waals surface area contributed by atoms with Crippen LogP contribution in [0.5, 0.6) is 0 Å². The van der Waals surface area contributed by atoms with Crippen LogP contribution in [0.4, 0.5) is 0 Å². The maximum Gasteiger partial charge on any atom is 0.220 e. The summed E-state index contributed by atoms with van der Waals surface area (Å²) >= 11 is 0. The highest BCUT2D eigenvalue weighted by molar-refractivity contribution is 5.75. The molecule has 0 atom stereocenters. The second kappa shape index (κ2) is 10.2. The van der Waals surface area contributed by atoms with Crippen molar-refractivity contribution in [3.8, 4) is 0 Å². The number of amides is 1. The Hall–Kier alpha value is -0.570. The molecule has 3 heteroatoms. The Balaban J connectivity index is 3.64. The number of hydrogen-bond donors (Lipinski definition) is 2. The smallest absolute Gasteiger partial charge is 0.220 e. The van der Waals surface area contributed by atoms with E-state index in [-0.39, 0.29) is 11.3 Å². The number of unbranched alkanes of at least 4 members (excludes halogenated alkanes) is 2. The monoisotopic (exact) mass is 270 g/mol. The third-order valence-corrected chi connectivity index (χ3v) is 3.35. The summed E-state index contributed by atoms with van der Waals surface area (Å²) in [7, 11) is 0. The third-order valence-electron chi connectivity index (χ3n) is 3.35. The van der Waals surface area contributed by atoms with Crippen LogP contribution in [0.15, 0.2) is 0 Å². The van der Waals surface area contributed by atoms with Crippen LogP contribution >= 0.6 is 0 Å². The van der Waals surface area contributed by atoms with Gasteiger partial charge < -0.3 is 10.6 Å². The largest absolute Gasteiger partial charge is 0.356 e. The van der Waals surface area contributed by atoms with Gasteiger partial charge in [0.25, 0.3) is 0 Å². The number of carbonyl (C=O) groups is 1. The standard InChI is InChI=1S/C16H34N2O/c1-6-7-8-11-16(4,5)13-18-15(19)10-9-12-17-14(2)3/h14,17H,6-13H2,1-5H3,(H,18,19).